The second-order valence-electron chi connectivity index (χ2n) is 5.42. The highest BCUT2D eigenvalue weighted by molar-refractivity contribution is 9.10. The molecule has 6 nitrogen and oxygen atoms in total. The molecule has 2 aromatic carbocycles. The van der Waals surface area contributed by atoms with Crippen molar-refractivity contribution in [3.8, 4) is 11.5 Å². The quantitative estimate of drug-likeness (QED) is 0.356. The molecule has 0 aromatic heterocycles. The molecule has 10 heteroatoms. The Morgan fingerprint density at radius 2 is 1.27 bits per heavy atom. The first-order chi connectivity index (χ1) is 14.2. The number of carboxylic acid groups (broad SMARTS) is 1. The summed E-state index contributed by atoms with van der Waals surface area (Å²) in [5.41, 5.74) is 0.339. The van der Waals surface area contributed by atoms with Gasteiger partial charge in [0.25, 0.3) is 0 Å². The third-order valence-corrected chi connectivity index (χ3v) is 5.03. The number of carbonyl (C=O) groups is 2. The monoisotopic (exact) mass is 584 g/mol. The number of hydrogen-bond donors (Lipinski definition) is 1. The summed E-state index contributed by atoms with van der Waals surface area (Å²) in [6.45, 7) is 6.63. The molecule has 0 saturated carbocycles. The lowest BCUT2D eigenvalue weighted by Gasteiger charge is -2.10. The lowest BCUT2D eigenvalue weighted by Crippen LogP contribution is -2.06. The van der Waals surface area contributed by atoms with Gasteiger partial charge in [0.15, 0.2) is 0 Å². The number of halogens is 4. The predicted octanol–water partition coefficient (Wildman–Crippen LogP) is 6.88. The van der Waals surface area contributed by atoms with Gasteiger partial charge in [0.1, 0.15) is 11.5 Å². The first-order valence-electron chi connectivity index (χ1n) is 8.80. The Balaban J connectivity index is 0.000000303. The Morgan fingerprint density at radius 1 is 0.833 bits per heavy atom. The topological polar surface area (TPSA) is 82.1 Å². The van der Waals surface area contributed by atoms with E-state index in [0.29, 0.717) is 41.4 Å². The van der Waals surface area contributed by atoms with Gasteiger partial charge in [-0.1, -0.05) is 55.1 Å². The van der Waals surface area contributed by atoms with Gasteiger partial charge in [-0.05, 0) is 45.0 Å². The second-order valence-corrected chi connectivity index (χ2v) is 8.01. The summed E-state index contributed by atoms with van der Waals surface area (Å²) in [6, 6.07) is 6.41. The number of ether oxygens (including phenoxy) is 3. The normalized spacial score (nSPS) is 9.97. The number of benzene rings is 2. The van der Waals surface area contributed by atoms with Crippen LogP contribution in [0.25, 0.3) is 0 Å². The van der Waals surface area contributed by atoms with Crippen LogP contribution in [-0.4, -0.2) is 36.9 Å². The van der Waals surface area contributed by atoms with Crippen molar-refractivity contribution in [2.75, 3.05) is 19.8 Å². The van der Waals surface area contributed by atoms with Crippen molar-refractivity contribution in [1.29, 1.82) is 0 Å². The van der Waals surface area contributed by atoms with Gasteiger partial charge in [-0.25, -0.2) is 9.59 Å². The van der Waals surface area contributed by atoms with Gasteiger partial charge in [-0.15, -0.1) is 0 Å². The van der Waals surface area contributed by atoms with Crippen LogP contribution in [0.1, 0.15) is 41.5 Å². The van der Waals surface area contributed by atoms with Gasteiger partial charge in [0.05, 0.1) is 41.0 Å². The summed E-state index contributed by atoms with van der Waals surface area (Å²) in [5.74, 6) is -0.672. The van der Waals surface area contributed by atoms with E-state index in [1.54, 1.807) is 32.0 Å². The van der Waals surface area contributed by atoms with E-state index in [1.807, 2.05) is 6.92 Å². The largest absolute Gasteiger partial charge is 0.492 e. The van der Waals surface area contributed by atoms with Crippen LogP contribution in [0.4, 0.5) is 0 Å². The first kappa shape index (κ1) is 26.6. The maximum atomic E-state index is 11.6. The molecule has 0 aliphatic heterocycles. The zero-order chi connectivity index (χ0) is 22.8. The molecule has 0 unspecified atom stereocenters. The van der Waals surface area contributed by atoms with Crippen LogP contribution in [-0.2, 0) is 4.74 Å². The van der Waals surface area contributed by atoms with Crippen molar-refractivity contribution in [2.24, 2.45) is 0 Å². The van der Waals surface area contributed by atoms with Crippen molar-refractivity contribution in [3.05, 3.63) is 54.4 Å². The van der Waals surface area contributed by atoms with E-state index in [-0.39, 0.29) is 15.6 Å². The van der Waals surface area contributed by atoms with Gasteiger partial charge < -0.3 is 19.3 Å². The molecule has 0 aliphatic carbocycles. The van der Waals surface area contributed by atoms with E-state index in [2.05, 4.69) is 31.9 Å². The zero-order valence-corrected chi connectivity index (χ0v) is 21.1. The molecule has 0 atom stereocenters. The summed E-state index contributed by atoms with van der Waals surface area (Å²) >= 11 is 18.3. The minimum atomic E-state index is -1.07. The van der Waals surface area contributed by atoms with Crippen molar-refractivity contribution in [1.82, 2.24) is 0 Å². The average Bonchev–Trinajstić information content (AvgIpc) is 2.68. The van der Waals surface area contributed by atoms with E-state index in [0.717, 1.165) is 4.47 Å². The van der Waals surface area contributed by atoms with Crippen molar-refractivity contribution in [2.45, 2.75) is 20.8 Å². The molecular weight excluding hydrogens is 567 g/mol. The Hall–Kier alpha value is -1.48. The standard InChI is InChI=1S/C11H12BrClO3.C9H8BrClO3/c1-3-15-9-6-7(12)5-8(10(9)13)11(14)16-4-2;1-2-14-7-4-5(10)3-6(8(7)11)9(12)13/h5-6H,3-4H2,1-2H3;3-4H,2H2,1H3,(H,12,13). The number of rotatable bonds is 7. The fourth-order valence-electron chi connectivity index (χ4n) is 2.16. The number of esters is 1. The molecule has 0 spiro atoms. The maximum Gasteiger partial charge on any atom is 0.339 e. The van der Waals surface area contributed by atoms with Gasteiger partial charge in [-0.2, -0.15) is 0 Å². The van der Waals surface area contributed by atoms with E-state index in [1.165, 1.54) is 6.07 Å². The van der Waals surface area contributed by atoms with Gasteiger partial charge in [0, 0.05) is 8.95 Å². The lowest BCUT2D eigenvalue weighted by atomic mass is 10.2. The van der Waals surface area contributed by atoms with Gasteiger partial charge >= 0.3 is 11.9 Å². The molecule has 2 aromatic rings. The third-order valence-electron chi connectivity index (χ3n) is 3.33. The molecule has 0 saturated heterocycles. The minimum Gasteiger partial charge on any atom is -0.492 e. The highest BCUT2D eigenvalue weighted by Crippen LogP contribution is 2.33. The first-order valence-corrected chi connectivity index (χ1v) is 11.1. The molecule has 0 amide bonds. The van der Waals surface area contributed by atoms with E-state index >= 15 is 0 Å². The Bertz CT molecular complexity index is 905. The average molecular weight is 587 g/mol. The Kier molecular flexibility index (Phi) is 11.5. The fraction of sp³-hybridized carbons (Fsp3) is 0.300. The maximum absolute atomic E-state index is 11.6. The van der Waals surface area contributed by atoms with Crippen LogP contribution in [0.15, 0.2) is 33.2 Å². The van der Waals surface area contributed by atoms with Crippen LogP contribution < -0.4 is 9.47 Å². The molecule has 0 heterocycles. The van der Waals surface area contributed by atoms with Crippen molar-refractivity contribution < 1.29 is 28.9 Å². The van der Waals surface area contributed by atoms with Gasteiger partial charge in [0.2, 0.25) is 0 Å². The van der Waals surface area contributed by atoms with Gasteiger partial charge in [-0.3, -0.25) is 0 Å². The molecule has 0 bridgehead atoms. The highest BCUT2D eigenvalue weighted by Gasteiger charge is 2.17. The molecule has 0 fully saturated rings. The SMILES string of the molecule is CCOC(=O)c1cc(Br)cc(OCC)c1Cl.CCOc1cc(Br)cc(C(=O)O)c1Cl. The lowest BCUT2D eigenvalue weighted by molar-refractivity contribution is 0.0525. The fourth-order valence-corrected chi connectivity index (χ4v) is 3.52. The molecule has 30 heavy (non-hydrogen) atoms. The second kappa shape index (κ2) is 13.0. The summed E-state index contributed by atoms with van der Waals surface area (Å²) in [7, 11) is 0. The molecule has 0 aliphatic rings. The molecule has 164 valence electrons. The molecular formula is C20H20Br2Cl2O6. The molecule has 2 rings (SSSR count). The van der Waals surface area contributed by atoms with Crippen LogP contribution in [0.2, 0.25) is 10.0 Å². The van der Waals surface area contributed by atoms with Crippen LogP contribution in [0.5, 0.6) is 11.5 Å². The Labute approximate surface area is 201 Å². The van der Waals surface area contributed by atoms with Crippen LogP contribution in [0.3, 0.4) is 0 Å². The Morgan fingerprint density at radius 3 is 1.67 bits per heavy atom. The molecule has 1 N–H and O–H groups in total. The minimum absolute atomic E-state index is 0.0319. The summed E-state index contributed by atoms with van der Waals surface area (Å²) in [6.07, 6.45) is 0. The summed E-state index contributed by atoms with van der Waals surface area (Å²) in [5, 5.41) is 9.23. The number of carboxylic acids is 1. The number of carbonyl (C=O) groups excluding carboxylic acids is 1. The van der Waals surface area contributed by atoms with E-state index in [9.17, 15) is 9.59 Å². The summed E-state index contributed by atoms with van der Waals surface area (Å²) < 4.78 is 16.7. The predicted molar refractivity (Wildman–Crippen MR) is 124 cm³/mol. The third kappa shape index (κ3) is 7.65. The number of hydrogen-bond acceptors (Lipinski definition) is 5. The number of aromatic carboxylic acids is 1. The van der Waals surface area contributed by atoms with Crippen LogP contribution >= 0.6 is 55.1 Å². The van der Waals surface area contributed by atoms with E-state index < -0.39 is 11.9 Å². The van der Waals surface area contributed by atoms with Crippen LogP contribution in [0, 0.1) is 0 Å². The molecule has 0 radical (unpaired) electrons. The zero-order valence-electron chi connectivity index (χ0n) is 16.4. The van der Waals surface area contributed by atoms with Crippen molar-refractivity contribution >= 4 is 67.0 Å². The highest BCUT2D eigenvalue weighted by atomic mass is 79.9. The van der Waals surface area contributed by atoms with E-state index in [4.69, 9.17) is 42.5 Å². The van der Waals surface area contributed by atoms with Crippen molar-refractivity contribution in [3.63, 3.8) is 0 Å². The smallest absolute Gasteiger partial charge is 0.339 e. The summed E-state index contributed by atoms with van der Waals surface area (Å²) in [4.78, 5) is 22.4.